The molecule has 164 valence electrons. The number of ether oxygens (including phenoxy) is 1. The maximum atomic E-state index is 12.7. The van der Waals surface area contributed by atoms with Crippen molar-refractivity contribution in [2.45, 2.75) is 38.5 Å². The van der Waals surface area contributed by atoms with E-state index >= 15 is 0 Å². The van der Waals surface area contributed by atoms with Crippen molar-refractivity contribution in [3.8, 4) is 0 Å². The van der Waals surface area contributed by atoms with Crippen molar-refractivity contribution in [2.75, 3.05) is 24.6 Å². The number of carboxylic acid groups (broad SMARTS) is 1. The number of halogens is 2. The maximum absolute atomic E-state index is 12.7. The third-order valence-corrected chi connectivity index (χ3v) is 6.68. The van der Waals surface area contributed by atoms with Crippen molar-refractivity contribution in [2.24, 2.45) is 0 Å². The lowest BCUT2D eigenvalue weighted by molar-refractivity contribution is -0.0215. The van der Waals surface area contributed by atoms with Crippen molar-refractivity contribution < 1.29 is 24.5 Å². The van der Waals surface area contributed by atoms with Gasteiger partial charge in [0.2, 0.25) is 0 Å². The summed E-state index contributed by atoms with van der Waals surface area (Å²) in [6.07, 6.45) is 0.735. The lowest BCUT2D eigenvalue weighted by Gasteiger charge is -2.38. The third-order valence-electron chi connectivity index (χ3n) is 4.68. The molecule has 0 aliphatic carbocycles. The van der Waals surface area contributed by atoms with Gasteiger partial charge in [0.15, 0.2) is 5.13 Å². The molecule has 0 saturated carbocycles. The molecule has 1 fully saturated rings. The summed E-state index contributed by atoms with van der Waals surface area (Å²) in [5.74, 6) is -1.43. The Kier molecular flexibility index (Phi) is 7.25. The van der Waals surface area contributed by atoms with E-state index in [4.69, 9.17) is 33.0 Å². The zero-order chi connectivity index (χ0) is 22.0. The van der Waals surface area contributed by atoms with E-state index in [2.05, 4.69) is 15.3 Å². The number of carbonyl (C=O) groups is 2. The van der Waals surface area contributed by atoms with Crippen molar-refractivity contribution >= 4 is 51.5 Å². The van der Waals surface area contributed by atoms with E-state index in [1.54, 1.807) is 13.8 Å². The number of piperidine rings is 1. The summed E-state index contributed by atoms with van der Waals surface area (Å²) in [4.78, 5) is 33.0. The first kappa shape index (κ1) is 22.8. The highest BCUT2D eigenvalue weighted by molar-refractivity contribution is 7.17. The van der Waals surface area contributed by atoms with Crippen LogP contribution < -0.4 is 10.2 Å². The van der Waals surface area contributed by atoms with Gasteiger partial charge in [-0.05, 0) is 20.3 Å². The molecule has 1 aliphatic heterocycles. The molecule has 4 N–H and O–H groups in total. The number of aliphatic hydroxyl groups is 1. The zero-order valence-electron chi connectivity index (χ0n) is 16.3. The summed E-state index contributed by atoms with van der Waals surface area (Å²) in [6.45, 7) is 4.35. The minimum Gasteiger partial charge on any atom is -0.477 e. The average molecular weight is 477 g/mol. The topological polar surface area (TPSA) is 128 Å². The van der Waals surface area contributed by atoms with Crippen molar-refractivity contribution in [1.82, 2.24) is 15.3 Å². The second-order valence-corrected chi connectivity index (χ2v) is 8.87. The van der Waals surface area contributed by atoms with Gasteiger partial charge in [0.25, 0.3) is 5.91 Å². The van der Waals surface area contributed by atoms with E-state index in [9.17, 15) is 14.7 Å². The van der Waals surface area contributed by atoms with E-state index in [0.29, 0.717) is 35.4 Å². The lowest BCUT2D eigenvalue weighted by Crippen LogP contribution is -2.55. The molecule has 0 bridgehead atoms. The molecule has 3 heterocycles. The first-order valence-electron chi connectivity index (χ1n) is 9.25. The fourth-order valence-corrected chi connectivity index (χ4v) is 4.37. The number of anilines is 1. The number of carbonyl (C=O) groups excluding carboxylic acids is 1. The number of aliphatic hydroxyl groups excluding tert-OH is 1. The summed E-state index contributed by atoms with van der Waals surface area (Å²) in [7, 11) is 0. The maximum Gasteiger partial charge on any atom is 0.347 e. The van der Waals surface area contributed by atoms with Crippen LogP contribution in [0.3, 0.4) is 0 Å². The predicted molar refractivity (Wildman–Crippen MR) is 114 cm³/mol. The van der Waals surface area contributed by atoms with Gasteiger partial charge in [0.1, 0.15) is 10.6 Å². The molecular weight excluding hydrogens is 455 g/mol. The normalized spacial score (nSPS) is 20.2. The van der Waals surface area contributed by atoms with Crippen LogP contribution >= 0.6 is 34.5 Å². The van der Waals surface area contributed by atoms with Gasteiger partial charge in [-0.1, -0.05) is 34.5 Å². The molecule has 1 unspecified atom stereocenters. The number of nitrogens with zero attached hydrogens (tertiary/aromatic N) is 2. The highest BCUT2D eigenvalue weighted by Gasteiger charge is 2.34. The van der Waals surface area contributed by atoms with Gasteiger partial charge >= 0.3 is 5.97 Å². The molecule has 2 aromatic heterocycles. The van der Waals surface area contributed by atoms with Gasteiger partial charge in [0.05, 0.1) is 41.1 Å². The Bertz CT molecular complexity index is 932. The van der Waals surface area contributed by atoms with Crippen LogP contribution in [-0.4, -0.2) is 70.0 Å². The minimum atomic E-state index is -1.03. The van der Waals surface area contributed by atoms with Crippen LogP contribution in [-0.2, 0) is 4.74 Å². The zero-order valence-corrected chi connectivity index (χ0v) is 18.6. The van der Waals surface area contributed by atoms with Gasteiger partial charge in [-0.3, -0.25) is 4.79 Å². The number of aromatic nitrogens is 2. The molecule has 3 rings (SSSR count). The molecule has 0 aromatic carbocycles. The average Bonchev–Trinajstić information content (AvgIpc) is 3.28. The molecule has 0 spiro atoms. The van der Waals surface area contributed by atoms with E-state index in [-0.39, 0.29) is 28.2 Å². The number of hydrogen-bond donors (Lipinski definition) is 4. The third kappa shape index (κ3) is 5.06. The Morgan fingerprint density at radius 3 is 2.77 bits per heavy atom. The number of nitrogens with one attached hydrogen (secondary N) is 2. The monoisotopic (exact) mass is 476 g/mol. The first-order valence-corrected chi connectivity index (χ1v) is 10.8. The molecule has 2 aromatic rings. The van der Waals surface area contributed by atoms with E-state index < -0.39 is 24.1 Å². The van der Waals surface area contributed by atoms with Crippen LogP contribution in [0.5, 0.6) is 0 Å². The fourth-order valence-electron chi connectivity index (χ4n) is 3.17. The van der Waals surface area contributed by atoms with Crippen LogP contribution in [0.1, 0.15) is 39.2 Å². The number of aryl methyl sites for hydroxylation is 1. The first-order chi connectivity index (χ1) is 14.2. The van der Waals surface area contributed by atoms with Crippen LogP contribution in [0, 0.1) is 6.92 Å². The Balaban J connectivity index is 1.73. The highest BCUT2D eigenvalue weighted by Crippen LogP contribution is 2.30. The molecule has 0 radical (unpaired) electrons. The van der Waals surface area contributed by atoms with Gasteiger partial charge < -0.3 is 30.2 Å². The fraction of sp³-hybridized carbons (Fsp3) is 0.500. The minimum absolute atomic E-state index is 0.0946. The number of aromatic carboxylic acids is 1. The number of rotatable bonds is 7. The largest absolute Gasteiger partial charge is 0.477 e. The van der Waals surface area contributed by atoms with Gasteiger partial charge in [0, 0.05) is 18.8 Å². The Morgan fingerprint density at radius 1 is 1.47 bits per heavy atom. The van der Waals surface area contributed by atoms with E-state index in [0.717, 1.165) is 11.3 Å². The SMILES string of the molecule is Cc1[nH]c(C(=O)N[C@@H]2CCN(c3ncc(C(=O)O)s3)C[C@@H]2OCC(C)O)c(Cl)c1Cl. The summed E-state index contributed by atoms with van der Waals surface area (Å²) in [5.41, 5.74) is 0.781. The summed E-state index contributed by atoms with van der Waals surface area (Å²) >= 11 is 13.3. The Morgan fingerprint density at radius 2 is 2.20 bits per heavy atom. The predicted octanol–water partition coefficient (Wildman–Crippen LogP) is 2.56. The highest BCUT2D eigenvalue weighted by atomic mass is 35.5. The van der Waals surface area contributed by atoms with E-state index in [1.807, 2.05) is 4.90 Å². The molecule has 1 amide bonds. The van der Waals surface area contributed by atoms with Crippen LogP contribution in [0.2, 0.25) is 10.0 Å². The molecule has 9 nitrogen and oxygen atoms in total. The molecule has 1 saturated heterocycles. The van der Waals surface area contributed by atoms with E-state index in [1.165, 1.54) is 6.20 Å². The number of hydrogen-bond acceptors (Lipinski definition) is 7. The quantitative estimate of drug-likeness (QED) is 0.483. The Hall–Kier alpha value is -1.85. The number of carboxylic acids is 1. The smallest absolute Gasteiger partial charge is 0.347 e. The summed E-state index contributed by atoms with van der Waals surface area (Å²) in [5, 5.41) is 22.7. The van der Waals surface area contributed by atoms with Crippen molar-refractivity contribution in [1.29, 1.82) is 0 Å². The van der Waals surface area contributed by atoms with Gasteiger partial charge in [-0.25, -0.2) is 9.78 Å². The lowest BCUT2D eigenvalue weighted by atomic mass is 10.0. The number of aromatic amines is 1. The Labute approximate surface area is 187 Å². The second kappa shape index (κ2) is 9.52. The van der Waals surface area contributed by atoms with Gasteiger partial charge in [-0.2, -0.15) is 0 Å². The number of thiazole rings is 1. The molecule has 12 heteroatoms. The van der Waals surface area contributed by atoms with Crippen molar-refractivity contribution in [3.05, 3.63) is 32.5 Å². The molecule has 30 heavy (non-hydrogen) atoms. The van der Waals surface area contributed by atoms with Gasteiger partial charge in [-0.15, -0.1) is 0 Å². The molecule has 3 atom stereocenters. The second-order valence-electron chi connectivity index (χ2n) is 7.10. The summed E-state index contributed by atoms with van der Waals surface area (Å²) in [6, 6.07) is -0.343. The molecule has 1 aliphatic rings. The standard InChI is InChI=1S/C18H22Cl2N4O5S/c1-8(25)7-29-11-6-24(18-21-5-12(30-18)17(27)28)4-3-10(11)23-16(26)15-14(20)13(19)9(2)22-15/h5,8,10-11,22,25H,3-4,6-7H2,1-2H3,(H,23,26)(H,27,28)/t8?,10-,11+/m1/s1. The van der Waals surface area contributed by atoms with Crippen molar-refractivity contribution in [3.63, 3.8) is 0 Å². The van der Waals surface area contributed by atoms with Crippen LogP contribution in [0.15, 0.2) is 6.20 Å². The van der Waals surface area contributed by atoms with Crippen LogP contribution in [0.25, 0.3) is 0 Å². The number of amides is 1. The summed E-state index contributed by atoms with van der Waals surface area (Å²) < 4.78 is 5.84. The number of H-pyrrole nitrogens is 1. The molecular formula is C18H22Cl2N4O5S. The van der Waals surface area contributed by atoms with Crippen LogP contribution in [0.4, 0.5) is 5.13 Å².